The van der Waals surface area contributed by atoms with Crippen LogP contribution in [0.25, 0.3) is 10.8 Å². The Balaban J connectivity index is 1.85. The summed E-state index contributed by atoms with van der Waals surface area (Å²) >= 11 is 1.51. The molecular formula is C16H15N3OS. The van der Waals surface area contributed by atoms with Crippen molar-refractivity contribution in [1.82, 2.24) is 9.97 Å². The molecule has 5 heteroatoms. The average molecular weight is 297 g/mol. The quantitative estimate of drug-likeness (QED) is 0.590. The summed E-state index contributed by atoms with van der Waals surface area (Å²) in [5.74, 6) is 0.419. The molecule has 2 N–H and O–H groups in total. The van der Waals surface area contributed by atoms with Crippen LogP contribution in [0, 0.1) is 0 Å². The second-order valence-corrected chi connectivity index (χ2v) is 5.37. The maximum atomic E-state index is 5.75. The molecule has 0 aliphatic heterocycles. The van der Waals surface area contributed by atoms with E-state index in [0.29, 0.717) is 18.4 Å². The number of hydrogen-bond donors (Lipinski definition) is 1. The van der Waals surface area contributed by atoms with Crippen molar-refractivity contribution in [3.05, 3.63) is 54.1 Å². The van der Waals surface area contributed by atoms with Crippen molar-refractivity contribution in [2.24, 2.45) is 0 Å². The number of thioether (sulfide) groups is 1. The summed E-state index contributed by atoms with van der Waals surface area (Å²) in [4.78, 5) is 8.40. The third kappa shape index (κ3) is 3.08. The molecular weight excluding hydrogens is 282 g/mol. The molecule has 0 atom stereocenters. The summed E-state index contributed by atoms with van der Waals surface area (Å²) in [6.07, 6.45) is 1.94. The van der Waals surface area contributed by atoms with Crippen molar-refractivity contribution in [2.45, 2.75) is 11.6 Å². The van der Waals surface area contributed by atoms with E-state index >= 15 is 0 Å². The van der Waals surface area contributed by atoms with Crippen LogP contribution < -0.4 is 10.5 Å². The number of rotatable bonds is 4. The van der Waals surface area contributed by atoms with Crippen molar-refractivity contribution in [3.63, 3.8) is 0 Å². The van der Waals surface area contributed by atoms with Gasteiger partial charge in [-0.05, 0) is 22.6 Å². The summed E-state index contributed by atoms with van der Waals surface area (Å²) < 4.78 is 5.71. The highest BCUT2D eigenvalue weighted by Gasteiger charge is 2.05. The lowest BCUT2D eigenvalue weighted by Gasteiger charge is -2.09. The molecule has 4 nitrogen and oxygen atoms in total. The summed E-state index contributed by atoms with van der Waals surface area (Å²) in [7, 11) is 0. The molecule has 3 aromatic rings. The summed E-state index contributed by atoms with van der Waals surface area (Å²) in [6, 6.07) is 16.4. The Hall–Kier alpha value is -2.27. The SMILES string of the molecule is CSc1cc(N)nc(OCc2cccc3ccccc23)n1. The maximum Gasteiger partial charge on any atom is 0.319 e. The minimum atomic E-state index is 0.312. The third-order valence-corrected chi connectivity index (χ3v) is 3.78. The van der Waals surface area contributed by atoms with Crippen molar-refractivity contribution >= 4 is 28.4 Å². The monoisotopic (exact) mass is 297 g/mol. The van der Waals surface area contributed by atoms with Crippen LogP contribution in [0.15, 0.2) is 53.6 Å². The zero-order valence-electron chi connectivity index (χ0n) is 11.6. The second-order valence-electron chi connectivity index (χ2n) is 4.54. The lowest BCUT2D eigenvalue weighted by atomic mass is 10.1. The number of nitrogens with two attached hydrogens (primary N) is 1. The molecule has 0 amide bonds. The van der Waals surface area contributed by atoms with Gasteiger partial charge in [0, 0.05) is 6.07 Å². The van der Waals surface area contributed by atoms with E-state index in [1.54, 1.807) is 6.07 Å². The van der Waals surface area contributed by atoms with Gasteiger partial charge in [-0.3, -0.25) is 0 Å². The van der Waals surface area contributed by atoms with E-state index in [1.165, 1.54) is 22.5 Å². The predicted octanol–water partition coefficient (Wildman–Crippen LogP) is 3.51. The van der Waals surface area contributed by atoms with Gasteiger partial charge in [-0.2, -0.15) is 9.97 Å². The van der Waals surface area contributed by atoms with Gasteiger partial charge in [0.25, 0.3) is 0 Å². The molecule has 0 aliphatic rings. The lowest BCUT2D eigenvalue weighted by molar-refractivity contribution is 0.280. The Morgan fingerprint density at radius 1 is 1.10 bits per heavy atom. The first kappa shape index (κ1) is 13.7. The van der Waals surface area contributed by atoms with Crippen LogP contribution in [0.2, 0.25) is 0 Å². The average Bonchev–Trinajstić information content (AvgIpc) is 2.52. The van der Waals surface area contributed by atoms with Crippen LogP contribution in [-0.2, 0) is 6.61 Å². The molecule has 0 saturated heterocycles. The van der Waals surface area contributed by atoms with Gasteiger partial charge in [0.15, 0.2) is 0 Å². The topological polar surface area (TPSA) is 61.0 Å². The highest BCUT2D eigenvalue weighted by Crippen LogP contribution is 2.21. The second kappa shape index (κ2) is 6.01. The van der Waals surface area contributed by atoms with Gasteiger partial charge in [-0.25, -0.2) is 0 Å². The van der Waals surface area contributed by atoms with Crippen molar-refractivity contribution in [3.8, 4) is 6.01 Å². The van der Waals surface area contributed by atoms with Crippen molar-refractivity contribution in [1.29, 1.82) is 0 Å². The fourth-order valence-corrected chi connectivity index (χ4v) is 2.56. The fourth-order valence-electron chi connectivity index (χ4n) is 2.15. The van der Waals surface area contributed by atoms with Gasteiger partial charge in [0.2, 0.25) is 0 Å². The van der Waals surface area contributed by atoms with Crippen LogP contribution in [0.3, 0.4) is 0 Å². The van der Waals surface area contributed by atoms with Crippen LogP contribution >= 0.6 is 11.8 Å². The first-order valence-electron chi connectivity index (χ1n) is 6.54. The third-order valence-electron chi connectivity index (χ3n) is 3.15. The molecule has 21 heavy (non-hydrogen) atoms. The number of fused-ring (bicyclic) bond motifs is 1. The van der Waals surface area contributed by atoms with Crippen molar-refractivity contribution < 1.29 is 4.74 Å². The Bertz CT molecular complexity index is 771. The van der Waals surface area contributed by atoms with Gasteiger partial charge in [0.1, 0.15) is 17.5 Å². The molecule has 0 fully saturated rings. The molecule has 0 bridgehead atoms. The van der Waals surface area contributed by atoms with Crippen LogP contribution in [0.1, 0.15) is 5.56 Å². The molecule has 0 aliphatic carbocycles. The predicted molar refractivity (Wildman–Crippen MR) is 86.5 cm³/mol. The normalized spacial score (nSPS) is 10.7. The van der Waals surface area contributed by atoms with E-state index in [0.717, 1.165) is 10.6 Å². The highest BCUT2D eigenvalue weighted by molar-refractivity contribution is 7.98. The van der Waals surface area contributed by atoms with E-state index in [-0.39, 0.29) is 0 Å². The molecule has 0 radical (unpaired) electrons. The highest BCUT2D eigenvalue weighted by atomic mass is 32.2. The number of ether oxygens (including phenoxy) is 1. The van der Waals surface area contributed by atoms with Crippen LogP contribution in [-0.4, -0.2) is 16.2 Å². The van der Waals surface area contributed by atoms with Gasteiger partial charge in [-0.15, -0.1) is 11.8 Å². The number of anilines is 1. The van der Waals surface area contributed by atoms with E-state index in [2.05, 4.69) is 28.2 Å². The first-order valence-corrected chi connectivity index (χ1v) is 7.77. The summed E-state index contributed by atoms with van der Waals surface area (Å²) in [5.41, 5.74) is 6.85. The van der Waals surface area contributed by atoms with E-state index in [4.69, 9.17) is 10.5 Å². The zero-order chi connectivity index (χ0) is 14.7. The number of aromatic nitrogens is 2. The standard InChI is InChI=1S/C16H15N3OS/c1-21-15-9-14(17)18-16(19-15)20-10-12-7-4-6-11-5-2-3-8-13(11)12/h2-9H,10H2,1H3,(H2,17,18,19). The molecule has 2 aromatic carbocycles. The molecule has 3 rings (SSSR count). The molecule has 1 aromatic heterocycles. The van der Waals surface area contributed by atoms with Crippen LogP contribution in [0.5, 0.6) is 6.01 Å². The van der Waals surface area contributed by atoms with Gasteiger partial charge < -0.3 is 10.5 Å². The number of nitrogens with zero attached hydrogens (tertiary/aromatic N) is 2. The molecule has 106 valence electrons. The summed E-state index contributed by atoms with van der Waals surface area (Å²) in [6.45, 7) is 0.415. The van der Waals surface area contributed by atoms with Gasteiger partial charge in [0.05, 0.1) is 0 Å². The number of benzene rings is 2. The van der Waals surface area contributed by atoms with E-state index in [9.17, 15) is 0 Å². The van der Waals surface area contributed by atoms with Crippen LogP contribution in [0.4, 0.5) is 5.82 Å². The number of nitrogen functional groups attached to an aromatic ring is 1. The van der Waals surface area contributed by atoms with Crippen molar-refractivity contribution in [2.75, 3.05) is 12.0 Å². The minimum Gasteiger partial charge on any atom is -0.458 e. The number of hydrogen-bond acceptors (Lipinski definition) is 5. The molecule has 0 spiro atoms. The van der Waals surface area contributed by atoms with E-state index < -0.39 is 0 Å². The zero-order valence-corrected chi connectivity index (χ0v) is 12.4. The smallest absolute Gasteiger partial charge is 0.319 e. The molecule has 1 heterocycles. The van der Waals surface area contributed by atoms with Gasteiger partial charge in [-0.1, -0.05) is 42.5 Å². The Morgan fingerprint density at radius 3 is 2.76 bits per heavy atom. The molecule has 0 unspecified atom stereocenters. The lowest BCUT2D eigenvalue weighted by Crippen LogP contribution is -2.02. The van der Waals surface area contributed by atoms with E-state index in [1.807, 2.05) is 30.5 Å². The Kier molecular flexibility index (Phi) is 3.92. The Morgan fingerprint density at radius 2 is 1.90 bits per heavy atom. The minimum absolute atomic E-state index is 0.312. The fraction of sp³-hybridized carbons (Fsp3) is 0.125. The first-order chi connectivity index (χ1) is 10.3. The Labute approximate surface area is 127 Å². The maximum absolute atomic E-state index is 5.75. The summed E-state index contributed by atoms with van der Waals surface area (Å²) in [5, 5.41) is 3.17. The largest absolute Gasteiger partial charge is 0.458 e. The molecule has 0 saturated carbocycles. The van der Waals surface area contributed by atoms with Gasteiger partial charge >= 0.3 is 6.01 Å².